The van der Waals surface area contributed by atoms with Crippen molar-refractivity contribution in [2.75, 3.05) is 19.8 Å². The Bertz CT molecular complexity index is 198. The molecule has 1 N–H and O–H groups in total. The average molecular weight is 198 g/mol. The van der Waals surface area contributed by atoms with Crippen molar-refractivity contribution in [3.8, 4) is 0 Å². The van der Waals surface area contributed by atoms with Crippen LogP contribution < -0.4 is 0 Å². The molecule has 0 rings (SSSR count). The fourth-order valence-corrected chi connectivity index (χ4v) is 1.37. The fourth-order valence-electron chi connectivity index (χ4n) is 0.567. The minimum atomic E-state index is -3.67. The summed E-state index contributed by atoms with van der Waals surface area (Å²) in [5.74, 6) is 0. The van der Waals surface area contributed by atoms with Crippen molar-refractivity contribution >= 4 is 10.1 Å². The summed E-state index contributed by atoms with van der Waals surface area (Å²) in [6.45, 7) is 2.84. The predicted octanol–water partition coefficient (Wildman–Crippen LogP) is -0.292. The molecule has 0 aromatic rings. The largest absolute Gasteiger partial charge is 0.394 e. The Balaban J connectivity index is 4.01. The van der Waals surface area contributed by atoms with E-state index in [0.29, 0.717) is 6.61 Å². The fraction of sp³-hybridized carbons (Fsp3) is 1.00. The van der Waals surface area contributed by atoms with Crippen LogP contribution in [0.4, 0.5) is 0 Å². The summed E-state index contributed by atoms with van der Waals surface area (Å²) < 4.78 is 31.2. The Morgan fingerprint density at radius 2 is 2.08 bits per heavy atom. The molecule has 74 valence electrons. The Kier molecular flexibility index (Phi) is 5.39. The van der Waals surface area contributed by atoms with Crippen LogP contribution in [0.5, 0.6) is 0 Å². The summed E-state index contributed by atoms with van der Waals surface area (Å²) in [5.41, 5.74) is -0.978. The van der Waals surface area contributed by atoms with E-state index in [2.05, 4.69) is 4.18 Å². The van der Waals surface area contributed by atoms with Crippen molar-refractivity contribution in [1.29, 1.82) is 0 Å². The highest BCUT2D eigenvalue weighted by atomic mass is 32.2. The molecular weight excluding hydrogens is 184 g/mol. The molecule has 0 saturated carbocycles. The van der Waals surface area contributed by atoms with Crippen molar-refractivity contribution in [3.05, 3.63) is 0 Å². The smallest absolute Gasteiger partial charge is 0.294 e. The summed E-state index contributed by atoms with van der Waals surface area (Å²) in [4.78, 5) is 0. The molecule has 0 fully saturated rings. The van der Waals surface area contributed by atoms with Gasteiger partial charge in [0.15, 0.2) is 5.44 Å². The zero-order chi connectivity index (χ0) is 9.61. The number of rotatable bonds is 6. The maximum atomic E-state index is 11.0. The van der Waals surface area contributed by atoms with Crippen LogP contribution in [0.2, 0.25) is 0 Å². The van der Waals surface area contributed by atoms with E-state index >= 15 is 0 Å². The lowest BCUT2D eigenvalue weighted by Gasteiger charge is -2.11. The Hall–Kier alpha value is -0.170. The highest BCUT2D eigenvalue weighted by molar-refractivity contribution is 7.87. The van der Waals surface area contributed by atoms with Gasteiger partial charge >= 0.3 is 0 Å². The SMILES string of the molecule is CCOC(C)S(=O)(=O)OCCO. The first-order valence-electron chi connectivity index (χ1n) is 3.65. The molecule has 0 aromatic carbocycles. The van der Waals surface area contributed by atoms with Gasteiger partial charge in [0.1, 0.15) is 0 Å². The summed E-state index contributed by atoms with van der Waals surface area (Å²) in [5, 5.41) is 8.31. The lowest BCUT2D eigenvalue weighted by Crippen LogP contribution is -2.24. The zero-order valence-electron chi connectivity index (χ0n) is 7.19. The van der Waals surface area contributed by atoms with Gasteiger partial charge in [0.05, 0.1) is 13.2 Å². The van der Waals surface area contributed by atoms with Gasteiger partial charge in [0.2, 0.25) is 0 Å². The van der Waals surface area contributed by atoms with Gasteiger partial charge in [0, 0.05) is 6.61 Å². The molecule has 0 amide bonds. The van der Waals surface area contributed by atoms with Crippen LogP contribution in [-0.2, 0) is 19.0 Å². The van der Waals surface area contributed by atoms with Gasteiger partial charge in [0.25, 0.3) is 10.1 Å². The van der Waals surface area contributed by atoms with Gasteiger partial charge < -0.3 is 9.84 Å². The summed E-state index contributed by atoms with van der Waals surface area (Å²) in [7, 11) is -3.67. The molecule has 0 spiro atoms. The van der Waals surface area contributed by atoms with Crippen LogP contribution in [0.3, 0.4) is 0 Å². The third-order valence-corrected chi connectivity index (χ3v) is 2.59. The molecule has 0 aliphatic rings. The van der Waals surface area contributed by atoms with E-state index in [4.69, 9.17) is 9.84 Å². The van der Waals surface area contributed by atoms with Crippen LogP contribution in [0.25, 0.3) is 0 Å². The molecule has 6 heteroatoms. The van der Waals surface area contributed by atoms with Crippen molar-refractivity contribution in [3.63, 3.8) is 0 Å². The van der Waals surface area contributed by atoms with Crippen molar-refractivity contribution in [2.45, 2.75) is 19.3 Å². The van der Waals surface area contributed by atoms with E-state index in [9.17, 15) is 8.42 Å². The molecule has 5 nitrogen and oxygen atoms in total. The molecule has 0 heterocycles. The van der Waals surface area contributed by atoms with E-state index in [0.717, 1.165) is 0 Å². The molecule has 0 saturated heterocycles. The lowest BCUT2D eigenvalue weighted by molar-refractivity contribution is 0.112. The van der Waals surface area contributed by atoms with Crippen molar-refractivity contribution in [2.24, 2.45) is 0 Å². The maximum absolute atomic E-state index is 11.0. The number of aliphatic hydroxyl groups excluding tert-OH is 1. The van der Waals surface area contributed by atoms with Gasteiger partial charge in [-0.15, -0.1) is 0 Å². The minimum absolute atomic E-state index is 0.222. The highest BCUT2D eigenvalue weighted by Gasteiger charge is 2.21. The molecule has 0 radical (unpaired) electrons. The minimum Gasteiger partial charge on any atom is -0.394 e. The van der Waals surface area contributed by atoms with Crippen LogP contribution in [0.15, 0.2) is 0 Å². The van der Waals surface area contributed by atoms with Gasteiger partial charge in [-0.25, -0.2) is 0 Å². The summed E-state index contributed by atoms with van der Waals surface area (Å²) in [6, 6.07) is 0. The van der Waals surface area contributed by atoms with E-state index < -0.39 is 15.6 Å². The Labute approximate surface area is 72.4 Å². The van der Waals surface area contributed by atoms with E-state index in [1.165, 1.54) is 6.92 Å². The highest BCUT2D eigenvalue weighted by Crippen LogP contribution is 2.04. The van der Waals surface area contributed by atoms with Crippen molar-refractivity contribution < 1.29 is 22.4 Å². The Morgan fingerprint density at radius 3 is 2.50 bits per heavy atom. The number of ether oxygens (including phenoxy) is 1. The molecule has 0 aromatic heterocycles. The molecule has 12 heavy (non-hydrogen) atoms. The first-order chi connectivity index (χ1) is 5.54. The second kappa shape index (κ2) is 5.47. The van der Waals surface area contributed by atoms with Crippen LogP contribution in [-0.4, -0.2) is 38.8 Å². The molecule has 1 atom stereocenters. The van der Waals surface area contributed by atoms with Crippen LogP contribution >= 0.6 is 0 Å². The quantitative estimate of drug-likeness (QED) is 0.593. The second-order valence-corrected chi connectivity index (χ2v) is 3.95. The third kappa shape index (κ3) is 4.01. The molecular formula is C6H14O5S. The van der Waals surface area contributed by atoms with Gasteiger partial charge in [-0.1, -0.05) is 0 Å². The van der Waals surface area contributed by atoms with E-state index in [1.54, 1.807) is 6.92 Å². The standard InChI is InChI=1S/C6H14O5S/c1-3-10-6(2)12(8,9)11-5-4-7/h6-7H,3-5H2,1-2H3. The van der Waals surface area contributed by atoms with Crippen LogP contribution in [0, 0.1) is 0 Å². The van der Waals surface area contributed by atoms with Gasteiger partial charge in [-0.2, -0.15) is 8.42 Å². The first-order valence-corrected chi connectivity index (χ1v) is 5.12. The molecule has 1 unspecified atom stereocenters. The average Bonchev–Trinajstić information content (AvgIpc) is 2.01. The molecule has 0 bridgehead atoms. The zero-order valence-corrected chi connectivity index (χ0v) is 8.00. The predicted molar refractivity (Wildman–Crippen MR) is 43.0 cm³/mol. The summed E-state index contributed by atoms with van der Waals surface area (Å²) in [6.07, 6.45) is 0. The first kappa shape index (κ1) is 11.8. The van der Waals surface area contributed by atoms with E-state index in [-0.39, 0.29) is 13.2 Å². The van der Waals surface area contributed by atoms with Crippen molar-refractivity contribution in [1.82, 2.24) is 0 Å². The lowest BCUT2D eigenvalue weighted by atomic mass is 10.8. The number of aliphatic hydroxyl groups is 1. The second-order valence-electron chi connectivity index (χ2n) is 2.06. The van der Waals surface area contributed by atoms with Gasteiger partial charge in [-0.05, 0) is 13.8 Å². The normalized spacial score (nSPS) is 14.6. The topological polar surface area (TPSA) is 72.8 Å². The maximum Gasteiger partial charge on any atom is 0.294 e. The van der Waals surface area contributed by atoms with E-state index in [1.807, 2.05) is 0 Å². The van der Waals surface area contributed by atoms with Crippen LogP contribution in [0.1, 0.15) is 13.8 Å². The monoisotopic (exact) mass is 198 g/mol. The molecule has 0 aliphatic carbocycles. The number of hydrogen-bond donors (Lipinski definition) is 1. The third-order valence-electron chi connectivity index (χ3n) is 1.15. The molecule has 0 aliphatic heterocycles. The Morgan fingerprint density at radius 1 is 1.50 bits per heavy atom. The number of hydrogen-bond acceptors (Lipinski definition) is 5. The van der Waals surface area contributed by atoms with Gasteiger partial charge in [-0.3, -0.25) is 4.18 Å². The summed E-state index contributed by atoms with van der Waals surface area (Å²) >= 11 is 0.